The van der Waals surface area contributed by atoms with E-state index in [-0.39, 0.29) is 0 Å². The SMILES string of the molecule is [c]1cnn(C2CCC2)c1. The molecule has 0 saturated heterocycles. The Morgan fingerprint density at radius 2 is 2.44 bits per heavy atom. The van der Waals surface area contributed by atoms with Crippen LogP contribution in [0.1, 0.15) is 25.3 Å². The second-order valence-corrected chi connectivity index (χ2v) is 2.51. The second kappa shape index (κ2) is 1.87. The van der Waals surface area contributed by atoms with Crippen LogP contribution in [-0.4, -0.2) is 9.78 Å². The highest BCUT2D eigenvalue weighted by Crippen LogP contribution is 2.29. The van der Waals surface area contributed by atoms with Gasteiger partial charge in [0.05, 0.1) is 12.2 Å². The Hall–Kier alpha value is -0.790. The molecule has 0 spiro atoms. The van der Waals surface area contributed by atoms with Gasteiger partial charge in [0.1, 0.15) is 0 Å². The van der Waals surface area contributed by atoms with Crippen LogP contribution in [0.25, 0.3) is 0 Å². The maximum Gasteiger partial charge on any atom is 0.0569 e. The van der Waals surface area contributed by atoms with Crippen molar-refractivity contribution in [2.45, 2.75) is 25.3 Å². The molecule has 1 heterocycles. The van der Waals surface area contributed by atoms with Crippen molar-refractivity contribution in [3.8, 4) is 0 Å². The summed E-state index contributed by atoms with van der Waals surface area (Å²) in [6.45, 7) is 0. The van der Waals surface area contributed by atoms with Crippen molar-refractivity contribution in [1.29, 1.82) is 0 Å². The summed E-state index contributed by atoms with van der Waals surface area (Å²) in [5.41, 5.74) is 0. The Bertz CT molecular complexity index is 175. The van der Waals surface area contributed by atoms with Crippen LogP contribution < -0.4 is 0 Å². The van der Waals surface area contributed by atoms with Gasteiger partial charge in [-0.1, -0.05) is 0 Å². The average molecular weight is 121 g/mol. The molecule has 1 aromatic heterocycles. The highest BCUT2D eigenvalue weighted by Gasteiger charge is 2.18. The third kappa shape index (κ3) is 0.745. The van der Waals surface area contributed by atoms with Crippen LogP contribution in [0.3, 0.4) is 0 Å². The predicted octanol–water partition coefficient (Wildman–Crippen LogP) is 1.41. The number of hydrogen-bond donors (Lipinski definition) is 0. The lowest BCUT2D eigenvalue weighted by Crippen LogP contribution is -2.16. The zero-order valence-corrected chi connectivity index (χ0v) is 5.25. The first kappa shape index (κ1) is 5.03. The molecule has 2 heteroatoms. The van der Waals surface area contributed by atoms with E-state index < -0.39 is 0 Å². The van der Waals surface area contributed by atoms with Crippen LogP contribution in [0.5, 0.6) is 0 Å². The van der Waals surface area contributed by atoms with Gasteiger partial charge in [0.2, 0.25) is 0 Å². The normalized spacial score (nSPS) is 19.6. The van der Waals surface area contributed by atoms with Crippen LogP contribution in [0.2, 0.25) is 0 Å². The summed E-state index contributed by atoms with van der Waals surface area (Å²) in [4.78, 5) is 0. The number of aromatic nitrogens is 2. The Balaban J connectivity index is 2.14. The molecule has 47 valence electrons. The highest BCUT2D eigenvalue weighted by atomic mass is 15.3. The molecule has 0 bridgehead atoms. The molecule has 1 saturated carbocycles. The molecule has 1 fully saturated rings. The smallest absolute Gasteiger partial charge is 0.0569 e. The van der Waals surface area contributed by atoms with Gasteiger partial charge in [-0.25, -0.2) is 0 Å². The number of hydrogen-bond acceptors (Lipinski definition) is 1. The topological polar surface area (TPSA) is 17.8 Å². The zero-order chi connectivity index (χ0) is 6.10. The van der Waals surface area contributed by atoms with Crippen LogP contribution in [0.15, 0.2) is 12.4 Å². The molecule has 1 radical (unpaired) electrons. The summed E-state index contributed by atoms with van der Waals surface area (Å²) in [6, 6.07) is 3.62. The average Bonchev–Trinajstić information content (AvgIpc) is 2.11. The fraction of sp³-hybridized carbons (Fsp3) is 0.571. The standard InChI is InChI=1S/C7H9N2/c1-3-7(4-1)9-6-2-5-8-9/h5-7H,1,3-4H2. The maximum absolute atomic E-state index is 4.10. The molecule has 1 aliphatic carbocycles. The van der Waals surface area contributed by atoms with Crippen LogP contribution in [0.4, 0.5) is 0 Å². The predicted molar refractivity (Wildman–Crippen MR) is 34.0 cm³/mol. The highest BCUT2D eigenvalue weighted by molar-refractivity contribution is 4.82. The van der Waals surface area contributed by atoms with Gasteiger partial charge in [-0.3, -0.25) is 4.68 Å². The molecule has 9 heavy (non-hydrogen) atoms. The van der Waals surface area contributed by atoms with Crippen molar-refractivity contribution in [3.05, 3.63) is 18.5 Å². The molecule has 0 unspecified atom stereocenters. The summed E-state index contributed by atoms with van der Waals surface area (Å²) >= 11 is 0. The quantitative estimate of drug-likeness (QED) is 0.549. The first-order valence-electron chi connectivity index (χ1n) is 3.37. The van der Waals surface area contributed by atoms with Gasteiger partial charge in [-0.05, 0) is 19.3 Å². The molecular weight excluding hydrogens is 112 g/mol. The third-order valence-electron chi connectivity index (χ3n) is 1.92. The number of nitrogens with zero attached hydrogens (tertiary/aromatic N) is 2. The third-order valence-corrected chi connectivity index (χ3v) is 1.92. The van der Waals surface area contributed by atoms with Crippen molar-refractivity contribution < 1.29 is 0 Å². The van der Waals surface area contributed by atoms with Gasteiger partial charge in [0.15, 0.2) is 0 Å². The minimum Gasteiger partial charge on any atom is -0.269 e. The van der Waals surface area contributed by atoms with E-state index in [4.69, 9.17) is 0 Å². The second-order valence-electron chi connectivity index (χ2n) is 2.51. The van der Waals surface area contributed by atoms with E-state index in [0.717, 1.165) is 0 Å². The Morgan fingerprint density at radius 1 is 1.56 bits per heavy atom. The molecule has 2 rings (SSSR count). The van der Waals surface area contributed by atoms with Crippen molar-refractivity contribution in [2.75, 3.05) is 0 Å². The van der Waals surface area contributed by atoms with Gasteiger partial charge in [-0.2, -0.15) is 5.10 Å². The lowest BCUT2D eigenvalue weighted by atomic mass is 9.93. The first-order chi connectivity index (χ1) is 4.47. The van der Waals surface area contributed by atoms with Crippen LogP contribution >= 0.6 is 0 Å². The molecular formula is C7H9N2. The fourth-order valence-corrected chi connectivity index (χ4v) is 1.09. The molecule has 1 aliphatic rings. The first-order valence-corrected chi connectivity index (χ1v) is 3.37. The van der Waals surface area contributed by atoms with Crippen LogP contribution in [-0.2, 0) is 0 Å². The lowest BCUT2D eigenvalue weighted by Gasteiger charge is -2.25. The molecule has 1 aromatic rings. The van der Waals surface area contributed by atoms with Crippen molar-refractivity contribution in [1.82, 2.24) is 9.78 Å². The zero-order valence-electron chi connectivity index (χ0n) is 5.25. The molecule has 0 aliphatic heterocycles. The van der Waals surface area contributed by atoms with Crippen molar-refractivity contribution in [2.24, 2.45) is 0 Å². The Morgan fingerprint density at radius 3 is 2.89 bits per heavy atom. The van der Waals surface area contributed by atoms with Crippen LogP contribution in [0, 0.1) is 6.07 Å². The van der Waals surface area contributed by atoms with Crippen molar-refractivity contribution >= 4 is 0 Å². The summed E-state index contributed by atoms with van der Waals surface area (Å²) in [5.74, 6) is 0. The van der Waals surface area contributed by atoms with E-state index >= 15 is 0 Å². The van der Waals surface area contributed by atoms with E-state index in [1.54, 1.807) is 6.20 Å². The largest absolute Gasteiger partial charge is 0.269 e. The minimum absolute atomic E-state index is 0.691. The molecule has 0 aromatic carbocycles. The van der Waals surface area contributed by atoms with Gasteiger partial charge in [0, 0.05) is 12.3 Å². The van der Waals surface area contributed by atoms with Gasteiger partial charge in [0.25, 0.3) is 0 Å². The van der Waals surface area contributed by atoms with Crippen molar-refractivity contribution in [3.63, 3.8) is 0 Å². The molecule has 2 nitrogen and oxygen atoms in total. The summed E-state index contributed by atoms with van der Waals surface area (Å²) in [7, 11) is 0. The molecule has 0 N–H and O–H groups in total. The van der Waals surface area contributed by atoms with Gasteiger partial charge >= 0.3 is 0 Å². The van der Waals surface area contributed by atoms with E-state index in [2.05, 4.69) is 11.2 Å². The molecule has 0 amide bonds. The summed E-state index contributed by atoms with van der Waals surface area (Å²) < 4.78 is 2.00. The summed E-state index contributed by atoms with van der Waals surface area (Å²) in [5, 5.41) is 4.10. The van der Waals surface area contributed by atoms with E-state index in [1.807, 2.05) is 10.9 Å². The monoisotopic (exact) mass is 121 g/mol. The Kier molecular flexibility index (Phi) is 1.04. The van der Waals surface area contributed by atoms with E-state index in [1.165, 1.54) is 19.3 Å². The molecule has 0 atom stereocenters. The van der Waals surface area contributed by atoms with E-state index in [9.17, 15) is 0 Å². The van der Waals surface area contributed by atoms with Gasteiger partial charge in [-0.15, -0.1) is 0 Å². The minimum atomic E-state index is 0.691. The number of rotatable bonds is 1. The fourth-order valence-electron chi connectivity index (χ4n) is 1.09. The van der Waals surface area contributed by atoms with Gasteiger partial charge < -0.3 is 0 Å². The summed E-state index contributed by atoms with van der Waals surface area (Å²) in [6.07, 6.45) is 7.61. The Labute approximate surface area is 54.5 Å². The lowest BCUT2D eigenvalue weighted by molar-refractivity contribution is 0.289. The van der Waals surface area contributed by atoms with E-state index in [0.29, 0.717) is 6.04 Å². The maximum atomic E-state index is 4.10.